The second kappa shape index (κ2) is 10.3. The highest BCUT2D eigenvalue weighted by atomic mass is 16.5. The maximum absolute atomic E-state index is 12.1. The number of carbonyl (C=O) groups is 1. The first kappa shape index (κ1) is 25.3. The number of benzene rings is 1. The van der Waals surface area contributed by atoms with Crippen LogP contribution < -0.4 is 0 Å². The van der Waals surface area contributed by atoms with Crippen LogP contribution in [0.1, 0.15) is 98.0 Å². The van der Waals surface area contributed by atoms with Crippen molar-refractivity contribution in [3.05, 3.63) is 35.9 Å². The summed E-state index contributed by atoms with van der Waals surface area (Å²) in [7, 11) is 0. The fourth-order valence-electron chi connectivity index (χ4n) is 7.20. The van der Waals surface area contributed by atoms with Crippen LogP contribution in [0.4, 0.5) is 0 Å². The van der Waals surface area contributed by atoms with Crippen molar-refractivity contribution in [2.24, 2.45) is 28.6 Å². The minimum absolute atomic E-state index is 0.101. The molecule has 5 unspecified atom stereocenters. The minimum atomic E-state index is -0.567. The molecule has 3 nitrogen and oxygen atoms in total. The van der Waals surface area contributed by atoms with Crippen LogP contribution in [0.5, 0.6) is 0 Å². The van der Waals surface area contributed by atoms with Gasteiger partial charge in [0.15, 0.2) is 0 Å². The quantitative estimate of drug-likeness (QED) is 0.420. The average Bonchev–Trinajstić information content (AvgIpc) is 2.71. The number of aryl methyl sites for hydroxylation is 1. The predicted octanol–water partition coefficient (Wildman–Crippen LogP) is 6.96. The number of hydrogen-bond acceptors (Lipinski definition) is 3. The van der Waals surface area contributed by atoms with Crippen molar-refractivity contribution in [2.75, 3.05) is 6.61 Å². The maximum Gasteiger partial charge on any atom is 0.306 e. The van der Waals surface area contributed by atoms with Gasteiger partial charge in [-0.3, -0.25) is 4.79 Å². The molecule has 1 aromatic rings. The van der Waals surface area contributed by atoms with Crippen molar-refractivity contribution in [3.63, 3.8) is 0 Å². The Bertz CT molecular complexity index is 738. The number of ether oxygens (including phenoxy) is 1. The molecule has 1 aromatic carbocycles. The Hall–Kier alpha value is -1.35. The molecule has 0 bridgehead atoms. The Morgan fingerprint density at radius 2 is 1.81 bits per heavy atom. The molecule has 5 atom stereocenters. The van der Waals surface area contributed by atoms with Crippen molar-refractivity contribution < 1.29 is 14.6 Å². The number of hydrogen-bond donors (Lipinski definition) is 1. The summed E-state index contributed by atoms with van der Waals surface area (Å²) >= 11 is 0. The van der Waals surface area contributed by atoms with E-state index in [1.807, 2.05) is 30.3 Å². The van der Waals surface area contributed by atoms with Gasteiger partial charge in [0.05, 0.1) is 12.2 Å². The Morgan fingerprint density at radius 3 is 2.53 bits per heavy atom. The molecule has 32 heavy (non-hydrogen) atoms. The minimum Gasteiger partial charge on any atom is -0.466 e. The molecule has 3 heteroatoms. The van der Waals surface area contributed by atoms with Gasteiger partial charge >= 0.3 is 5.97 Å². The van der Waals surface area contributed by atoms with E-state index >= 15 is 0 Å². The van der Waals surface area contributed by atoms with Gasteiger partial charge in [0, 0.05) is 6.42 Å². The molecule has 3 rings (SSSR count). The van der Waals surface area contributed by atoms with Crippen LogP contribution >= 0.6 is 0 Å². The SMILES string of the molecule is CC(CCOC(=O)CCc1ccccc1)CCC1C(C)(O)CCC2C(C)(C)CCCC21C. The summed E-state index contributed by atoms with van der Waals surface area (Å²) in [6, 6.07) is 10.1. The zero-order chi connectivity index (χ0) is 23.4. The van der Waals surface area contributed by atoms with E-state index in [4.69, 9.17) is 4.74 Å². The van der Waals surface area contributed by atoms with Crippen LogP contribution in [-0.2, 0) is 16.0 Å². The Balaban J connectivity index is 1.45. The van der Waals surface area contributed by atoms with Gasteiger partial charge in [0.25, 0.3) is 0 Å². The number of aliphatic hydroxyl groups is 1. The first-order valence-corrected chi connectivity index (χ1v) is 13.0. The van der Waals surface area contributed by atoms with Crippen LogP contribution in [0.2, 0.25) is 0 Å². The molecule has 2 aliphatic rings. The molecule has 0 radical (unpaired) electrons. The van der Waals surface area contributed by atoms with Crippen LogP contribution in [0, 0.1) is 28.6 Å². The number of fused-ring (bicyclic) bond motifs is 1. The van der Waals surface area contributed by atoms with E-state index in [2.05, 4.69) is 34.6 Å². The molecule has 1 N–H and O–H groups in total. The zero-order valence-electron chi connectivity index (χ0n) is 21.2. The number of carbonyl (C=O) groups excluding carboxylic acids is 1. The summed E-state index contributed by atoms with van der Waals surface area (Å²) in [5, 5.41) is 11.4. The van der Waals surface area contributed by atoms with Gasteiger partial charge in [-0.05, 0) is 86.0 Å². The highest BCUT2D eigenvalue weighted by Gasteiger charge is 2.57. The van der Waals surface area contributed by atoms with Gasteiger partial charge in [-0.1, -0.05) is 70.9 Å². The van der Waals surface area contributed by atoms with E-state index in [0.717, 1.165) is 38.5 Å². The third-order valence-electron chi connectivity index (χ3n) is 9.04. The van der Waals surface area contributed by atoms with E-state index in [0.29, 0.717) is 36.2 Å². The van der Waals surface area contributed by atoms with Gasteiger partial charge in [-0.15, -0.1) is 0 Å². The lowest BCUT2D eigenvalue weighted by molar-refractivity contribution is -0.170. The van der Waals surface area contributed by atoms with Crippen molar-refractivity contribution in [1.29, 1.82) is 0 Å². The highest BCUT2D eigenvalue weighted by Crippen LogP contribution is 2.63. The third kappa shape index (κ3) is 5.95. The average molecular weight is 443 g/mol. The lowest BCUT2D eigenvalue weighted by Gasteiger charge is -2.61. The number of esters is 1. The molecular weight excluding hydrogens is 396 g/mol. The lowest BCUT2D eigenvalue weighted by Crippen LogP contribution is -2.57. The van der Waals surface area contributed by atoms with Crippen LogP contribution in [0.3, 0.4) is 0 Å². The van der Waals surface area contributed by atoms with E-state index in [1.165, 1.54) is 24.8 Å². The van der Waals surface area contributed by atoms with Crippen molar-refractivity contribution in [2.45, 2.75) is 104 Å². The first-order valence-electron chi connectivity index (χ1n) is 13.0. The summed E-state index contributed by atoms with van der Waals surface area (Å²) in [6.07, 6.45) is 10.2. The van der Waals surface area contributed by atoms with Gasteiger partial charge in [-0.2, -0.15) is 0 Å². The summed E-state index contributed by atoms with van der Waals surface area (Å²) in [4.78, 5) is 12.1. The summed E-state index contributed by atoms with van der Waals surface area (Å²) in [5.74, 6) is 1.45. The van der Waals surface area contributed by atoms with Crippen molar-refractivity contribution >= 4 is 5.97 Å². The summed E-state index contributed by atoms with van der Waals surface area (Å²) < 4.78 is 5.51. The molecule has 0 spiro atoms. The topological polar surface area (TPSA) is 46.5 Å². The highest BCUT2D eigenvalue weighted by molar-refractivity contribution is 5.69. The maximum atomic E-state index is 12.1. The zero-order valence-corrected chi connectivity index (χ0v) is 21.2. The second-order valence-electron chi connectivity index (χ2n) is 12.0. The molecule has 0 aromatic heterocycles. The fraction of sp³-hybridized carbons (Fsp3) is 0.759. The van der Waals surface area contributed by atoms with Crippen molar-refractivity contribution in [1.82, 2.24) is 0 Å². The molecule has 2 aliphatic carbocycles. The van der Waals surface area contributed by atoms with Crippen LogP contribution in [-0.4, -0.2) is 23.3 Å². The third-order valence-corrected chi connectivity index (χ3v) is 9.04. The van der Waals surface area contributed by atoms with Gasteiger partial charge in [-0.25, -0.2) is 0 Å². The molecule has 0 amide bonds. The van der Waals surface area contributed by atoms with E-state index < -0.39 is 5.60 Å². The Morgan fingerprint density at radius 1 is 1.09 bits per heavy atom. The molecule has 2 saturated carbocycles. The Kier molecular flexibility index (Phi) is 8.12. The monoisotopic (exact) mass is 442 g/mol. The number of rotatable bonds is 9. The molecular formula is C29H46O3. The second-order valence-corrected chi connectivity index (χ2v) is 12.0. The fourth-order valence-corrected chi connectivity index (χ4v) is 7.20. The van der Waals surface area contributed by atoms with Crippen LogP contribution in [0.25, 0.3) is 0 Å². The summed E-state index contributed by atoms with van der Waals surface area (Å²) in [5.41, 5.74) is 1.21. The molecule has 0 heterocycles. The van der Waals surface area contributed by atoms with Crippen LogP contribution in [0.15, 0.2) is 30.3 Å². The first-order chi connectivity index (χ1) is 15.0. The van der Waals surface area contributed by atoms with E-state index in [1.54, 1.807) is 0 Å². The predicted molar refractivity (Wildman–Crippen MR) is 131 cm³/mol. The normalized spacial score (nSPS) is 32.7. The van der Waals surface area contributed by atoms with Crippen molar-refractivity contribution in [3.8, 4) is 0 Å². The van der Waals surface area contributed by atoms with Gasteiger partial charge < -0.3 is 9.84 Å². The molecule has 0 saturated heterocycles. The van der Waals surface area contributed by atoms with E-state index in [9.17, 15) is 9.90 Å². The molecule has 180 valence electrons. The van der Waals surface area contributed by atoms with Gasteiger partial charge in [0.2, 0.25) is 0 Å². The standard InChI is InChI=1S/C29H46O3/c1-22(17-21-32-26(30)15-13-23-10-7-6-8-11-23)12-14-25-28(4)19-9-18-27(2,3)24(28)16-20-29(25,5)31/h6-8,10-11,22,24-25,31H,9,12-21H2,1-5H3. The van der Waals surface area contributed by atoms with E-state index in [-0.39, 0.29) is 11.4 Å². The summed E-state index contributed by atoms with van der Waals surface area (Å²) in [6.45, 7) is 12.2. The smallest absolute Gasteiger partial charge is 0.306 e. The molecule has 2 fully saturated rings. The Labute approximate surface area is 196 Å². The van der Waals surface area contributed by atoms with Gasteiger partial charge in [0.1, 0.15) is 0 Å². The molecule has 0 aliphatic heterocycles. The largest absolute Gasteiger partial charge is 0.466 e. The lowest BCUT2D eigenvalue weighted by atomic mass is 9.45.